The fraction of sp³-hybridized carbons (Fsp3) is 0.273. The standard InChI is InChI=1S/C8H5N2O3.3CH3.Sn/c11-8(12)10-7-6-5(1-3-9-7)2-4-13-6;;;;/h1-3H,(H,9,10)(H,11,12);3*1H3;. The summed E-state index contributed by atoms with van der Waals surface area (Å²) >= 11 is -2.28. The molecule has 0 unspecified atom stereocenters. The Bertz CT molecular complexity index is 572. The molecule has 0 aromatic carbocycles. The van der Waals surface area contributed by atoms with Crippen molar-refractivity contribution in [3.8, 4) is 0 Å². The molecule has 0 saturated carbocycles. The van der Waals surface area contributed by atoms with Crippen LogP contribution in [-0.2, 0) is 0 Å². The molecule has 0 fully saturated rings. The second-order valence-electron chi connectivity index (χ2n) is 4.87. The van der Waals surface area contributed by atoms with Gasteiger partial charge in [-0.05, 0) is 0 Å². The van der Waals surface area contributed by atoms with Crippen LogP contribution in [0.5, 0.6) is 0 Å². The molecule has 1 amide bonds. The van der Waals surface area contributed by atoms with Crippen LogP contribution in [0.1, 0.15) is 0 Å². The first-order chi connectivity index (χ1) is 7.88. The number of nitrogens with zero attached hydrogens (tertiary/aromatic N) is 1. The summed E-state index contributed by atoms with van der Waals surface area (Å²) in [5.41, 5.74) is 0.525. The van der Waals surface area contributed by atoms with Crippen molar-refractivity contribution in [2.45, 2.75) is 14.8 Å². The number of hydrogen-bond acceptors (Lipinski definition) is 3. The first-order valence-corrected chi connectivity index (χ1v) is 15.3. The van der Waals surface area contributed by atoms with E-state index in [1.165, 1.54) is 0 Å². The molecule has 0 radical (unpaired) electrons. The number of carbonyl (C=O) groups is 1. The van der Waals surface area contributed by atoms with Crippen molar-refractivity contribution in [1.29, 1.82) is 0 Å². The van der Waals surface area contributed by atoms with Gasteiger partial charge >= 0.3 is 103 Å². The fourth-order valence-electron chi connectivity index (χ4n) is 1.52. The van der Waals surface area contributed by atoms with Gasteiger partial charge in [-0.25, -0.2) is 0 Å². The van der Waals surface area contributed by atoms with Crippen LogP contribution in [0.25, 0.3) is 11.0 Å². The van der Waals surface area contributed by atoms with Gasteiger partial charge in [0.1, 0.15) is 0 Å². The number of pyridine rings is 1. The van der Waals surface area contributed by atoms with Crippen molar-refractivity contribution in [1.82, 2.24) is 4.98 Å². The molecule has 2 aromatic rings. The van der Waals surface area contributed by atoms with E-state index in [4.69, 9.17) is 9.52 Å². The Hall–Kier alpha value is -1.24. The normalized spacial score (nSPS) is 11.7. The topological polar surface area (TPSA) is 75.4 Å². The molecule has 2 N–H and O–H groups in total. The zero-order chi connectivity index (χ0) is 12.6. The zero-order valence-corrected chi connectivity index (χ0v) is 12.8. The van der Waals surface area contributed by atoms with E-state index in [-0.39, 0.29) is 5.82 Å². The molecule has 2 rings (SSSR count). The summed E-state index contributed by atoms with van der Waals surface area (Å²) in [4.78, 5) is 21.3. The molecule has 0 saturated heterocycles. The molecule has 17 heavy (non-hydrogen) atoms. The summed E-state index contributed by atoms with van der Waals surface area (Å²) in [6.45, 7) is 0. The van der Waals surface area contributed by atoms with Gasteiger partial charge in [-0.2, -0.15) is 0 Å². The van der Waals surface area contributed by atoms with Crippen molar-refractivity contribution in [2.75, 3.05) is 5.32 Å². The molecule has 90 valence electrons. The molecule has 0 aliphatic rings. The van der Waals surface area contributed by atoms with Gasteiger partial charge in [0.25, 0.3) is 0 Å². The zero-order valence-electron chi connectivity index (χ0n) is 9.94. The van der Waals surface area contributed by atoms with Crippen molar-refractivity contribution < 1.29 is 14.3 Å². The number of fused-ring (bicyclic) bond motifs is 1. The monoisotopic (exact) mass is 342 g/mol. The molecule has 0 aliphatic heterocycles. The second-order valence-corrected chi connectivity index (χ2v) is 19.1. The predicted molar refractivity (Wildman–Crippen MR) is 68.6 cm³/mol. The fourth-order valence-corrected chi connectivity index (χ4v) is 4.37. The summed E-state index contributed by atoms with van der Waals surface area (Å²) in [7, 11) is 0. The van der Waals surface area contributed by atoms with Crippen LogP contribution in [-0.4, -0.2) is 34.6 Å². The van der Waals surface area contributed by atoms with Gasteiger partial charge in [-0.15, -0.1) is 0 Å². The Morgan fingerprint density at radius 1 is 1.47 bits per heavy atom. The van der Waals surface area contributed by atoms with Gasteiger partial charge in [0, 0.05) is 0 Å². The van der Waals surface area contributed by atoms with Crippen molar-refractivity contribution >= 4 is 45.0 Å². The third-order valence-corrected chi connectivity index (χ3v) is 7.32. The number of nitrogens with one attached hydrogen (secondary N) is 1. The van der Waals surface area contributed by atoms with Gasteiger partial charge in [-0.3, -0.25) is 0 Å². The molecule has 5 nitrogen and oxygen atoms in total. The van der Waals surface area contributed by atoms with E-state index in [1.54, 1.807) is 6.20 Å². The number of furan rings is 1. The number of anilines is 1. The van der Waals surface area contributed by atoms with Crippen molar-refractivity contribution in [2.24, 2.45) is 0 Å². The first kappa shape index (κ1) is 12.2. The Morgan fingerprint density at radius 3 is 2.76 bits per heavy atom. The van der Waals surface area contributed by atoms with Crippen molar-refractivity contribution in [3.63, 3.8) is 0 Å². The molecule has 2 heterocycles. The molecular formula is C11H14N2O3Sn. The van der Waals surface area contributed by atoms with E-state index in [0.717, 1.165) is 9.16 Å². The number of rotatable bonds is 2. The van der Waals surface area contributed by atoms with Crippen LogP contribution in [0, 0.1) is 0 Å². The average molecular weight is 341 g/mol. The molecule has 6 heteroatoms. The number of amides is 1. The Morgan fingerprint density at radius 2 is 2.18 bits per heavy atom. The summed E-state index contributed by atoms with van der Waals surface area (Å²) in [6, 6.07) is 3.83. The molecule has 0 spiro atoms. The Balaban J connectivity index is 2.57. The quantitative estimate of drug-likeness (QED) is 0.823. The summed E-state index contributed by atoms with van der Waals surface area (Å²) in [6.07, 6.45) is 0.438. The molecule has 0 bridgehead atoms. The maximum absolute atomic E-state index is 10.6. The van der Waals surface area contributed by atoms with Gasteiger partial charge in [0.2, 0.25) is 0 Å². The third-order valence-electron chi connectivity index (χ3n) is 2.40. The van der Waals surface area contributed by atoms with Crippen LogP contribution < -0.4 is 9.09 Å². The van der Waals surface area contributed by atoms with Crippen LogP contribution in [0.15, 0.2) is 22.7 Å². The van der Waals surface area contributed by atoms with E-state index in [9.17, 15) is 4.79 Å². The van der Waals surface area contributed by atoms with E-state index >= 15 is 0 Å². The molecule has 2 aromatic heterocycles. The van der Waals surface area contributed by atoms with Crippen LogP contribution in [0.4, 0.5) is 10.6 Å². The van der Waals surface area contributed by atoms with Crippen LogP contribution >= 0.6 is 0 Å². The summed E-state index contributed by atoms with van der Waals surface area (Å²) < 4.78 is 6.78. The first-order valence-electron chi connectivity index (χ1n) is 5.27. The van der Waals surface area contributed by atoms with Crippen LogP contribution in [0.2, 0.25) is 14.8 Å². The van der Waals surface area contributed by atoms with E-state index in [2.05, 4.69) is 25.1 Å². The SMILES string of the molecule is [CH3][Sn]([CH3])([CH3])[c]1cc2ccnc(NC(=O)O)c2o1. The Labute approximate surface area is 103 Å². The van der Waals surface area contributed by atoms with Gasteiger partial charge in [0.05, 0.1) is 0 Å². The molecular weight excluding hydrogens is 327 g/mol. The number of carboxylic acid groups (broad SMARTS) is 1. The van der Waals surface area contributed by atoms with Gasteiger partial charge in [-0.1, -0.05) is 0 Å². The predicted octanol–water partition coefficient (Wildman–Crippen LogP) is 2.46. The number of hydrogen-bond donors (Lipinski definition) is 2. The van der Waals surface area contributed by atoms with Gasteiger partial charge in [0.15, 0.2) is 0 Å². The van der Waals surface area contributed by atoms with E-state index in [1.807, 2.05) is 12.1 Å². The van der Waals surface area contributed by atoms with E-state index in [0.29, 0.717) is 5.58 Å². The van der Waals surface area contributed by atoms with Crippen LogP contribution in [0.3, 0.4) is 0 Å². The molecule has 0 atom stereocenters. The maximum atomic E-state index is 10.6. The minimum absolute atomic E-state index is 0.261. The minimum atomic E-state index is -2.28. The summed E-state index contributed by atoms with van der Waals surface area (Å²) in [5, 5.41) is 11.9. The van der Waals surface area contributed by atoms with Crippen molar-refractivity contribution in [3.05, 3.63) is 18.3 Å². The van der Waals surface area contributed by atoms with Gasteiger partial charge < -0.3 is 0 Å². The third kappa shape index (κ3) is 2.54. The molecule has 0 aliphatic carbocycles. The Kier molecular flexibility index (Phi) is 3.03. The second kappa shape index (κ2) is 4.21. The number of aromatic nitrogens is 1. The summed E-state index contributed by atoms with van der Waals surface area (Å²) in [5.74, 6) is 0.261. The van der Waals surface area contributed by atoms with E-state index < -0.39 is 24.5 Å². The average Bonchev–Trinajstić information content (AvgIpc) is 2.60.